The molecule has 0 bridgehead atoms. The number of nitrogens with zero attached hydrogens (tertiary/aromatic N) is 2. The molecule has 0 saturated carbocycles. The molecule has 0 aliphatic rings. The van der Waals surface area contributed by atoms with Crippen molar-refractivity contribution >= 4 is 0 Å². The van der Waals surface area contributed by atoms with E-state index in [1.54, 1.807) is 0 Å². The highest BCUT2D eigenvalue weighted by molar-refractivity contribution is 5.35. The summed E-state index contributed by atoms with van der Waals surface area (Å²) in [5.41, 5.74) is 8.24. The smallest absolute Gasteiger partial charge is 0.130 e. The number of benzene rings is 1. The Morgan fingerprint density at radius 3 is 2.84 bits per heavy atom. The molecule has 0 radical (unpaired) electrons. The number of rotatable bonds is 6. The third kappa shape index (κ3) is 3.15. The van der Waals surface area contributed by atoms with Crippen LogP contribution in [-0.4, -0.2) is 9.55 Å². The second-order valence-electron chi connectivity index (χ2n) is 4.51. The van der Waals surface area contributed by atoms with Crippen LogP contribution in [0.5, 0.6) is 5.75 Å². The molecule has 19 heavy (non-hydrogen) atoms. The van der Waals surface area contributed by atoms with Gasteiger partial charge in [-0.05, 0) is 19.4 Å². The molecule has 1 aromatic carbocycles. The van der Waals surface area contributed by atoms with Gasteiger partial charge in [-0.15, -0.1) is 0 Å². The zero-order chi connectivity index (χ0) is 13.7. The number of para-hydroxylation sites is 1. The minimum Gasteiger partial charge on any atom is -0.487 e. The van der Waals surface area contributed by atoms with Gasteiger partial charge in [-0.1, -0.05) is 25.1 Å². The summed E-state index contributed by atoms with van der Waals surface area (Å²) in [5.74, 6) is 0.862. The van der Waals surface area contributed by atoms with Gasteiger partial charge in [0, 0.05) is 18.2 Å². The van der Waals surface area contributed by atoms with Crippen LogP contribution in [0.3, 0.4) is 0 Å². The number of aromatic nitrogens is 2. The van der Waals surface area contributed by atoms with Gasteiger partial charge in [0.15, 0.2) is 0 Å². The lowest BCUT2D eigenvalue weighted by molar-refractivity contribution is 0.290. The number of imidazole rings is 1. The molecule has 4 nitrogen and oxygen atoms in total. The Kier molecular flexibility index (Phi) is 4.58. The molecular formula is C15H21N3O. The molecule has 2 aromatic rings. The molecular weight excluding hydrogens is 238 g/mol. The quantitative estimate of drug-likeness (QED) is 0.867. The fraction of sp³-hybridized carbons (Fsp3) is 0.400. The number of hydrogen-bond donors (Lipinski definition) is 1. The monoisotopic (exact) mass is 259 g/mol. The van der Waals surface area contributed by atoms with Gasteiger partial charge in [0.05, 0.1) is 18.2 Å². The van der Waals surface area contributed by atoms with Gasteiger partial charge in [-0.25, -0.2) is 4.98 Å². The summed E-state index contributed by atoms with van der Waals surface area (Å²) in [7, 11) is 0. The van der Waals surface area contributed by atoms with Crippen molar-refractivity contribution in [3.63, 3.8) is 0 Å². The van der Waals surface area contributed by atoms with E-state index in [4.69, 9.17) is 10.5 Å². The Morgan fingerprint density at radius 2 is 2.11 bits per heavy atom. The van der Waals surface area contributed by atoms with Gasteiger partial charge in [-0.3, -0.25) is 0 Å². The fourth-order valence-electron chi connectivity index (χ4n) is 2.04. The zero-order valence-electron chi connectivity index (χ0n) is 11.5. The molecule has 0 aliphatic heterocycles. The largest absolute Gasteiger partial charge is 0.487 e. The molecule has 1 aromatic heterocycles. The number of ether oxygens (including phenoxy) is 1. The first-order chi connectivity index (χ1) is 9.26. The van der Waals surface area contributed by atoms with E-state index in [0.717, 1.165) is 30.0 Å². The topological polar surface area (TPSA) is 53.1 Å². The number of hydrogen-bond acceptors (Lipinski definition) is 3. The van der Waals surface area contributed by atoms with Crippen molar-refractivity contribution in [3.05, 3.63) is 48.0 Å². The summed E-state index contributed by atoms with van der Waals surface area (Å²) in [6.07, 6.45) is 4.56. The zero-order valence-corrected chi connectivity index (χ0v) is 11.5. The van der Waals surface area contributed by atoms with Crippen LogP contribution >= 0.6 is 0 Å². The summed E-state index contributed by atoms with van der Waals surface area (Å²) in [6.45, 7) is 5.58. The molecule has 4 heteroatoms. The van der Waals surface area contributed by atoms with Gasteiger partial charge in [0.2, 0.25) is 0 Å². The summed E-state index contributed by atoms with van der Waals surface area (Å²) in [6, 6.07) is 7.98. The van der Waals surface area contributed by atoms with Crippen molar-refractivity contribution in [2.45, 2.75) is 39.5 Å². The maximum absolute atomic E-state index is 6.10. The van der Waals surface area contributed by atoms with Crippen LogP contribution < -0.4 is 10.5 Å². The highest BCUT2D eigenvalue weighted by atomic mass is 16.5. The third-order valence-electron chi connectivity index (χ3n) is 3.27. The van der Waals surface area contributed by atoms with E-state index in [2.05, 4.69) is 23.4 Å². The first kappa shape index (κ1) is 13.6. The highest BCUT2D eigenvalue weighted by Crippen LogP contribution is 2.26. The standard InChI is InChI=1S/C15H21N3O/c1-3-14(16)13-7-5-6-8-15(13)19-10-12-9-17-11-18(12)4-2/h5-9,11,14H,3-4,10,16H2,1-2H3/t14-/m1/s1. The van der Waals surface area contributed by atoms with Gasteiger partial charge in [0.1, 0.15) is 12.4 Å². The van der Waals surface area contributed by atoms with Crippen LogP contribution in [0, 0.1) is 0 Å². The molecule has 0 aliphatic carbocycles. The molecule has 1 heterocycles. The second-order valence-corrected chi connectivity index (χ2v) is 4.51. The Labute approximate surface area is 114 Å². The van der Waals surface area contributed by atoms with E-state index >= 15 is 0 Å². The molecule has 0 unspecified atom stereocenters. The van der Waals surface area contributed by atoms with E-state index in [0.29, 0.717) is 6.61 Å². The SMILES string of the molecule is CC[C@@H](N)c1ccccc1OCc1cncn1CC. The van der Waals surface area contributed by atoms with Crippen molar-refractivity contribution in [2.24, 2.45) is 5.73 Å². The first-order valence-corrected chi connectivity index (χ1v) is 6.72. The summed E-state index contributed by atoms with van der Waals surface area (Å²) in [5, 5.41) is 0. The maximum Gasteiger partial charge on any atom is 0.130 e. The van der Waals surface area contributed by atoms with Crippen LogP contribution in [0.1, 0.15) is 37.6 Å². The van der Waals surface area contributed by atoms with Gasteiger partial charge in [-0.2, -0.15) is 0 Å². The van der Waals surface area contributed by atoms with Crippen LogP contribution in [0.15, 0.2) is 36.8 Å². The first-order valence-electron chi connectivity index (χ1n) is 6.72. The minimum absolute atomic E-state index is 0.0206. The van der Waals surface area contributed by atoms with E-state index < -0.39 is 0 Å². The lowest BCUT2D eigenvalue weighted by Gasteiger charge is -2.16. The molecule has 0 fully saturated rings. The van der Waals surface area contributed by atoms with Crippen LogP contribution in [0.25, 0.3) is 0 Å². The third-order valence-corrected chi connectivity index (χ3v) is 3.27. The second kappa shape index (κ2) is 6.38. The Morgan fingerprint density at radius 1 is 1.32 bits per heavy atom. The molecule has 0 spiro atoms. The summed E-state index contributed by atoms with van der Waals surface area (Å²) < 4.78 is 7.98. The summed E-state index contributed by atoms with van der Waals surface area (Å²) >= 11 is 0. The molecule has 102 valence electrons. The van der Waals surface area contributed by atoms with Crippen molar-refractivity contribution < 1.29 is 4.74 Å². The van der Waals surface area contributed by atoms with Gasteiger partial charge >= 0.3 is 0 Å². The number of aryl methyl sites for hydroxylation is 1. The summed E-state index contributed by atoms with van der Waals surface area (Å²) in [4.78, 5) is 4.14. The van der Waals surface area contributed by atoms with Crippen molar-refractivity contribution in [3.8, 4) is 5.75 Å². The molecule has 1 atom stereocenters. The number of nitrogens with two attached hydrogens (primary N) is 1. The average Bonchev–Trinajstić information content (AvgIpc) is 2.92. The van der Waals surface area contributed by atoms with Crippen LogP contribution in [0.4, 0.5) is 0 Å². The van der Waals surface area contributed by atoms with E-state index in [1.165, 1.54) is 0 Å². The molecule has 2 N–H and O–H groups in total. The van der Waals surface area contributed by atoms with Gasteiger partial charge < -0.3 is 15.0 Å². The normalized spacial score (nSPS) is 12.4. The van der Waals surface area contributed by atoms with Crippen molar-refractivity contribution in [1.29, 1.82) is 0 Å². The molecule has 0 amide bonds. The molecule has 2 rings (SSSR count). The Hall–Kier alpha value is -1.81. The van der Waals surface area contributed by atoms with E-state index in [9.17, 15) is 0 Å². The van der Waals surface area contributed by atoms with E-state index in [1.807, 2.05) is 36.8 Å². The van der Waals surface area contributed by atoms with Crippen LogP contribution in [0.2, 0.25) is 0 Å². The lowest BCUT2D eigenvalue weighted by atomic mass is 10.0. The highest BCUT2D eigenvalue weighted by Gasteiger charge is 2.10. The van der Waals surface area contributed by atoms with Crippen LogP contribution in [-0.2, 0) is 13.2 Å². The van der Waals surface area contributed by atoms with Crippen molar-refractivity contribution in [1.82, 2.24) is 9.55 Å². The Balaban J connectivity index is 2.11. The predicted octanol–water partition coefficient (Wildman–Crippen LogP) is 2.89. The maximum atomic E-state index is 6.10. The Bertz CT molecular complexity index is 522. The van der Waals surface area contributed by atoms with Gasteiger partial charge in [0.25, 0.3) is 0 Å². The van der Waals surface area contributed by atoms with E-state index in [-0.39, 0.29) is 6.04 Å². The minimum atomic E-state index is 0.0206. The fourth-order valence-corrected chi connectivity index (χ4v) is 2.04. The average molecular weight is 259 g/mol. The predicted molar refractivity (Wildman–Crippen MR) is 75.9 cm³/mol. The molecule has 0 saturated heterocycles. The van der Waals surface area contributed by atoms with Crippen molar-refractivity contribution in [2.75, 3.05) is 0 Å². The lowest BCUT2D eigenvalue weighted by Crippen LogP contribution is -2.11.